The fourth-order valence-electron chi connectivity index (χ4n) is 2.82. The van der Waals surface area contributed by atoms with Crippen molar-refractivity contribution in [2.24, 2.45) is 5.92 Å². The Morgan fingerprint density at radius 1 is 1.11 bits per heavy atom. The molecule has 1 atom stereocenters. The van der Waals surface area contributed by atoms with Gasteiger partial charge in [-0.3, -0.25) is 4.79 Å². The molecule has 27 heavy (non-hydrogen) atoms. The lowest BCUT2D eigenvalue weighted by molar-refractivity contribution is -0.192. The van der Waals surface area contributed by atoms with Crippen LogP contribution in [-0.4, -0.2) is 36.7 Å². The number of hydrogen-bond donors (Lipinski definition) is 0. The molecule has 0 amide bonds. The molecular weight excluding hydrogens is 375 g/mol. The highest BCUT2D eigenvalue weighted by atomic mass is 19.4. The maximum atomic E-state index is 13.5. The van der Waals surface area contributed by atoms with Crippen molar-refractivity contribution in [2.75, 3.05) is 6.61 Å². The number of hydrogen-bond acceptors (Lipinski definition) is 4. The summed E-state index contributed by atoms with van der Waals surface area (Å²) >= 11 is 0. The van der Waals surface area contributed by atoms with Crippen LogP contribution < -0.4 is 0 Å². The average Bonchev–Trinajstić information content (AvgIpc) is 2.55. The number of carbonyl (C=O) groups excluding carboxylic acids is 2. The number of ether oxygens (including phenoxy) is 2. The highest BCUT2D eigenvalue weighted by molar-refractivity contribution is 5.86. The minimum absolute atomic E-state index is 0.0646. The predicted octanol–water partition coefficient (Wildman–Crippen LogP) is 4.97. The van der Waals surface area contributed by atoms with Gasteiger partial charge in [-0.2, -0.15) is 13.2 Å². The van der Waals surface area contributed by atoms with Crippen LogP contribution in [0.5, 0.6) is 0 Å². The molecule has 4 nitrogen and oxygen atoms in total. The van der Waals surface area contributed by atoms with E-state index in [9.17, 15) is 31.5 Å². The van der Waals surface area contributed by atoms with Crippen molar-refractivity contribution in [3.8, 4) is 0 Å². The molecule has 0 aromatic heterocycles. The van der Waals surface area contributed by atoms with E-state index in [0.29, 0.717) is 12.8 Å². The first kappa shape index (κ1) is 23.4. The van der Waals surface area contributed by atoms with E-state index in [2.05, 4.69) is 6.58 Å². The van der Waals surface area contributed by atoms with Crippen molar-refractivity contribution in [1.29, 1.82) is 0 Å². The van der Waals surface area contributed by atoms with Gasteiger partial charge in [0.1, 0.15) is 19.1 Å². The van der Waals surface area contributed by atoms with Crippen LogP contribution in [-0.2, 0) is 19.1 Å². The topological polar surface area (TPSA) is 52.6 Å². The molecule has 0 aromatic carbocycles. The maximum absolute atomic E-state index is 13.5. The molecule has 156 valence electrons. The molecule has 0 radical (unpaired) electrons. The Kier molecular flexibility index (Phi) is 8.68. The molecule has 0 bridgehead atoms. The van der Waals surface area contributed by atoms with Gasteiger partial charge < -0.3 is 9.47 Å². The Labute approximate surface area is 155 Å². The van der Waals surface area contributed by atoms with Gasteiger partial charge >= 0.3 is 18.1 Å². The molecule has 9 heteroatoms. The SMILES string of the molecule is C=C(C)C(=O)OCC(CCC(F)(F)CC(F)(F)F)OC(=O)C1CCCCC1. The second kappa shape index (κ2) is 10.0. The van der Waals surface area contributed by atoms with Gasteiger partial charge in [-0.1, -0.05) is 25.8 Å². The molecule has 0 spiro atoms. The van der Waals surface area contributed by atoms with Crippen LogP contribution in [0.15, 0.2) is 12.2 Å². The Bertz CT molecular complexity index is 524. The minimum atomic E-state index is -5.01. The van der Waals surface area contributed by atoms with Crippen LogP contribution in [0.4, 0.5) is 22.0 Å². The third-order valence-corrected chi connectivity index (χ3v) is 4.26. The standard InChI is InChI=1S/C18H25F5O4/c1-12(2)15(24)26-10-14(8-9-17(19,20)11-18(21,22)23)27-16(25)13-6-4-3-5-7-13/h13-14H,1,3-11H2,2H3. The van der Waals surface area contributed by atoms with Crippen molar-refractivity contribution in [2.45, 2.75) is 76.5 Å². The van der Waals surface area contributed by atoms with Gasteiger partial charge in [-0.05, 0) is 26.2 Å². The normalized spacial score (nSPS) is 17.3. The first-order valence-electron chi connectivity index (χ1n) is 8.87. The highest BCUT2D eigenvalue weighted by Crippen LogP contribution is 2.35. The van der Waals surface area contributed by atoms with Crippen molar-refractivity contribution in [1.82, 2.24) is 0 Å². The number of carbonyl (C=O) groups is 2. The van der Waals surface area contributed by atoms with E-state index in [4.69, 9.17) is 9.47 Å². The Morgan fingerprint density at radius 3 is 2.22 bits per heavy atom. The zero-order valence-electron chi connectivity index (χ0n) is 15.2. The molecule has 1 aliphatic rings. The predicted molar refractivity (Wildman–Crippen MR) is 87.1 cm³/mol. The van der Waals surface area contributed by atoms with Gasteiger partial charge in [0.15, 0.2) is 0 Å². The smallest absolute Gasteiger partial charge is 0.394 e. The summed E-state index contributed by atoms with van der Waals surface area (Å²) in [7, 11) is 0. The van der Waals surface area contributed by atoms with Gasteiger partial charge in [-0.25, -0.2) is 13.6 Å². The van der Waals surface area contributed by atoms with Crippen LogP contribution >= 0.6 is 0 Å². The molecule has 1 fully saturated rings. The summed E-state index contributed by atoms with van der Waals surface area (Å²) in [6, 6.07) is 0. The van der Waals surface area contributed by atoms with Gasteiger partial charge in [-0.15, -0.1) is 0 Å². The van der Waals surface area contributed by atoms with E-state index in [0.717, 1.165) is 19.3 Å². The van der Waals surface area contributed by atoms with Crippen LogP contribution in [0.25, 0.3) is 0 Å². The second-order valence-electron chi connectivity index (χ2n) is 6.96. The summed E-state index contributed by atoms with van der Waals surface area (Å²) in [5.41, 5.74) is 0.0646. The lowest BCUT2D eigenvalue weighted by Crippen LogP contribution is -2.32. The zero-order valence-corrected chi connectivity index (χ0v) is 15.2. The summed E-state index contributed by atoms with van der Waals surface area (Å²) in [4.78, 5) is 23.7. The number of rotatable bonds is 9. The molecule has 1 rings (SSSR count). The molecule has 1 unspecified atom stereocenters. The Balaban J connectivity index is 2.67. The van der Waals surface area contributed by atoms with Crippen molar-refractivity contribution >= 4 is 11.9 Å². The Hall–Kier alpha value is -1.67. The molecule has 0 heterocycles. The fourth-order valence-corrected chi connectivity index (χ4v) is 2.82. The van der Waals surface area contributed by atoms with E-state index < -0.39 is 56.0 Å². The van der Waals surface area contributed by atoms with Crippen LogP contribution in [0.3, 0.4) is 0 Å². The lowest BCUT2D eigenvalue weighted by atomic mass is 9.89. The van der Waals surface area contributed by atoms with E-state index >= 15 is 0 Å². The Morgan fingerprint density at radius 2 is 1.70 bits per heavy atom. The van der Waals surface area contributed by atoms with Gasteiger partial charge in [0.25, 0.3) is 5.92 Å². The van der Waals surface area contributed by atoms with E-state index in [1.54, 1.807) is 0 Å². The molecule has 1 aliphatic carbocycles. The summed E-state index contributed by atoms with van der Waals surface area (Å²) in [6.45, 7) is 4.24. The molecular formula is C18H25F5O4. The van der Waals surface area contributed by atoms with Crippen LogP contribution in [0.2, 0.25) is 0 Å². The average molecular weight is 400 g/mol. The molecule has 0 aromatic rings. The molecule has 1 saturated carbocycles. The van der Waals surface area contributed by atoms with E-state index in [1.807, 2.05) is 0 Å². The number of halogens is 5. The summed E-state index contributed by atoms with van der Waals surface area (Å²) in [5, 5.41) is 0. The van der Waals surface area contributed by atoms with Gasteiger partial charge in [0.2, 0.25) is 0 Å². The fraction of sp³-hybridized carbons (Fsp3) is 0.778. The van der Waals surface area contributed by atoms with Crippen molar-refractivity contribution < 1.29 is 41.0 Å². The summed E-state index contributed by atoms with van der Waals surface area (Å²) < 4.78 is 73.7. The third-order valence-electron chi connectivity index (χ3n) is 4.26. The first-order chi connectivity index (χ1) is 12.4. The van der Waals surface area contributed by atoms with Gasteiger partial charge in [0.05, 0.1) is 5.92 Å². The second-order valence-corrected chi connectivity index (χ2v) is 6.96. The first-order valence-corrected chi connectivity index (χ1v) is 8.87. The zero-order chi connectivity index (χ0) is 20.7. The molecule has 0 saturated heterocycles. The van der Waals surface area contributed by atoms with Crippen LogP contribution in [0, 0.1) is 5.92 Å². The van der Waals surface area contributed by atoms with Gasteiger partial charge in [0, 0.05) is 12.0 Å². The maximum Gasteiger partial charge on any atom is 0.394 e. The lowest BCUT2D eigenvalue weighted by Gasteiger charge is -2.25. The van der Waals surface area contributed by atoms with E-state index in [-0.39, 0.29) is 11.5 Å². The molecule has 0 aliphatic heterocycles. The monoisotopic (exact) mass is 400 g/mol. The largest absolute Gasteiger partial charge is 0.459 e. The molecule has 0 N–H and O–H groups in total. The quantitative estimate of drug-likeness (QED) is 0.312. The van der Waals surface area contributed by atoms with Crippen molar-refractivity contribution in [3.63, 3.8) is 0 Å². The number of esters is 2. The van der Waals surface area contributed by atoms with Crippen LogP contribution in [0.1, 0.15) is 58.3 Å². The van der Waals surface area contributed by atoms with E-state index in [1.165, 1.54) is 6.92 Å². The minimum Gasteiger partial charge on any atom is -0.459 e. The number of alkyl halides is 5. The third kappa shape index (κ3) is 9.72. The summed E-state index contributed by atoms with van der Waals surface area (Å²) in [6.07, 6.45) is -6.28. The highest BCUT2D eigenvalue weighted by Gasteiger charge is 2.43. The summed E-state index contributed by atoms with van der Waals surface area (Å²) in [5.74, 6) is -5.75. The van der Waals surface area contributed by atoms with Crippen molar-refractivity contribution in [3.05, 3.63) is 12.2 Å².